The second kappa shape index (κ2) is 4.50. The highest BCUT2D eigenvalue weighted by molar-refractivity contribution is 9.10. The van der Waals surface area contributed by atoms with Gasteiger partial charge in [0.15, 0.2) is 0 Å². The number of nitrogens with zero attached hydrogens (tertiary/aromatic N) is 1. The molecule has 0 amide bonds. The Morgan fingerprint density at radius 2 is 2.29 bits per heavy atom. The van der Waals surface area contributed by atoms with Gasteiger partial charge in [-0.3, -0.25) is 10.1 Å². The number of nitro benzene ring substituents is 1. The molecule has 3 N–H and O–H groups in total. The Bertz CT molecular complexity index is 356. The van der Waals surface area contributed by atoms with E-state index < -0.39 is 11.0 Å². The molecule has 1 rings (SSSR count). The molecule has 1 aromatic rings. The Morgan fingerprint density at radius 3 is 2.79 bits per heavy atom. The van der Waals surface area contributed by atoms with Crippen LogP contribution in [0.4, 0.5) is 5.69 Å². The van der Waals surface area contributed by atoms with Crippen LogP contribution in [-0.4, -0.2) is 16.6 Å². The highest BCUT2D eigenvalue weighted by Crippen LogP contribution is 2.26. The van der Waals surface area contributed by atoms with Gasteiger partial charge in [-0.1, -0.05) is 15.9 Å². The zero-order valence-corrected chi connectivity index (χ0v) is 8.77. The zero-order chi connectivity index (χ0) is 10.7. The van der Waals surface area contributed by atoms with Crippen LogP contribution in [0.1, 0.15) is 11.6 Å². The summed E-state index contributed by atoms with van der Waals surface area (Å²) >= 11 is 3.18. The van der Waals surface area contributed by atoms with Crippen LogP contribution in [0.5, 0.6) is 0 Å². The molecule has 0 radical (unpaired) electrons. The van der Waals surface area contributed by atoms with E-state index in [4.69, 9.17) is 10.8 Å². The van der Waals surface area contributed by atoms with Crippen LogP contribution in [0.25, 0.3) is 0 Å². The molecule has 14 heavy (non-hydrogen) atoms. The number of hydrogen-bond acceptors (Lipinski definition) is 4. The van der Waals surface area contributed by atoms with Gasteiger partial charge < -0.3 is 10.8 Å². The summed E-state index contributed by atoms with van der Waals surface area (Å²) in [6.45, 7) is -0.322. The molecule has 6 heteroatoms. The number of halogens is 1. The second-order valence-corrected chi connectivity index (χ2v) is 3.66. The summed E-state index contributed by atoms with van der Waals surface area (Å²) in [7, 11) is 0. The molecule has 0 spiro atoms. The van der Waals surface area contributed by atoms with Gasteiger partial charge in [-0.25, -0.2) is 0 Å². The molecule has 76 valence electrons. The minimum Gasteiger partial charge on any atom is -0.394 e. The maximum absolute atomic E-state index is 10.6. The predicted octanol–water partition coefficient (Wildman–Crippen LogP) is 1.35. The Hall–Kier alpha value is -0.980. The van der Waals surface area contributed by atoms with Gasteiger partial charge in [0.25, 0.3) is 5.69 Å². The van der Waals surface area contributed by atoms with Crippen LogP contribution in [0.3, 0.4) is 0 Å². The average Bonchev–Trinajstić information content (AvgIpc) is 2.16. The van der Waals surface area contributed by atoms with E-state index in [2.05, 4.69) is 15.9 Å². The van der Waals surface area contributed by atoms with Crippen molar-refractivity contribution in [3.05, 3.63) is 38.3 Å². The maximum atomic E-state index is 10.6. The fourth-order valence-corrected chi connectivity index (χ4v) is 1.47. The molecule has 1 atom stereocenters. The van der Waals surface area contributed by atoms with E-state index in [1.165, 1.54) is 6.07 Å². The summed E-state index contributed by atoms with van der Waals surface area (Å²) in [6, 6.07) is 3.73. The molecule has 0 aliphatic heterocycles. The van der Waals surface area contributed by atoms with Gasteiger partial charge in [0.1, 0.15) is 0 Å². The number of aliphatic hydroxyl groups is 1. The van der Waals surface area contributed by atoms with Crippen molar-refractivity contribution >= 4 is 21.6 Å². The summed E-state index contributed by atoms with van der Waals surface area (Å²) in [5.74, 6) is 0. The number of nitrogens with two attached hydrogens (primary N) is 1. The van der Waals surface area contributed by atoms with E-state index in [1.807, 2.05) is 0 Å². The molecule has 1 unspecified atom stereocenters. The van der Waals surface area contributed by atoms with Crippen molar-refractivity contribution in [1.29, 1.82) is 0 Å². The van der Waals surface area contributed by atoms with Crippen molar-refractivity contribution in [3.8, 4) is 0 Å². The molecule has 1 aromatic carbocycles. The Labute approximate surface area is 88.8 Å². The van der Waals surface area contributed by atoms with Crippen LogP contribution >= 0.6 is 15.9 Å². The molecule has 5 nitrogen and oxygen atoms in total. The lowest BCUT2D eigenvalue weighted by atomic mass is 10.1. The van der Waals surface area contributed by atoms with Gasteiger partial charge in [0.2, 0.25) is 0 Å². The third kappa shape index (κ3) is 2.28. The van der Waals surface area contributed by atoms with Gasteiger partial charge >= 0.3 is 0 Å². The molecule has 0 aliphatic rings. The topological polar surface area (TPSA) is 89.4 Å². The minimum absolute atomic E-state index is 0.0743. The standard InChI is InChI=1S/C8H9BrN2O3/c9-5-1-2-8(11(13)14)6(3-5)7(10)4-12/h1-3,7,12H,4,10H2. The summed E-state index contributed by atoms with van der Waals surface area (Å²) in [5, 5.41) is 19.4. The van der Waals surface area contributed by atoms with Crippen LogP contribution in [0.15, 0.2) is 22.7 Å². The van der Waals surface area contributed by atoms with Crippen molar-refractivity contribution in [2.45, 2.75) is 6.04 Å². The fraction of sp³-hybridized carbons (Fsp3) is 0.250. The first-order chi connectivity index (χ1) is 6.56. The first-order valence-corrected chi connectivity index (χ1v) is 4.66. The number of aliphatic hydroxyl groups excluding tert-OH is 1. The average molecular weight is 261 g/mol. The van der Waals surface area contributed by atoms with Crippen LogP contribution < -0.4 is 5.73 Å². The maximum Gasteiger partial charge on any atom is 0.274 e. The third-order valence-electron chi connectivity index (χ3n) is 1.78. The monoisotopic (exact) mass is 260 g/mol. The van der Waals surface area contributed by atoms with E-state index in [0.717, 1.165) is 0 Å². The lowest BCUT2D eigenvalue weighted by Crippen LogP contribution is -2.16. The van der Waals surface area contributed by atoms with Crippen LogP contribution in [0.2, 0.25) is 0 Å². The number of nitro groups is 1. The molecular weight excluding hydrogens is 252 g/mol. The van der Waals surface area contributed by atoms with E-state index >= 15 is 0 Å². The molecule has 0 saturated heterocycles. The van der Waals surface area contributed by atoms with Crippen molar-refractivity contribution in [3.63, 3.8) is 0 Å². The summed E-state index contributed by atoms with van der Waals surface area (Å²) < 4.78 is 0.696. The van der Waals surface area contributed by atoms with Crippen molar-refractivity contribution < 1.29 is 10.0 Å². The van der Waals surface area contributed by atoms with Gasteiger partial charge in [-0.2, -0.15) is 0 Å². The van der Waals surface area contributed by atoms with E-state index in [1.54, 1.807) is 12.1 Å². The number of rotatable bonds is 3. The van der Waals surface area contributed by atoms with E-state index in [-0.39, 0.29) is 12.3 Å². The van der Waals surface area contributed by atoms with Crippen LogP contribution in [0, 0.1) is 10.1 Å². The fourth-order valence-electron chi connectivity index (χ4n) is 1.09. The molecule has 0 aromatic heterocycles. The Kier molecular flexibility index (Phi) is 3.56. The molecule has 0 fully saturated rings. The minimum atomic E-state index is -0.729. The smallest absolute Gasteiger partial charge is 0.274 e. The predicted molar refractivity (Wildman–Crippen MR) is 54.8 cm³/mol. The van der Waals surface area contributed by atoms with E-state index in [9.17, 15) is 10.1 Å². The van der Waals surface area contributed by atoms with Gasteiger partial charge in [0, 0.05) is 16.1 Å². The largest absolute Gasteiger partial charge is 0.394 e. The zero-order valence-electron chi connectivity index (χ0n) is 7.18. The number of hydrogen-bond donors (Lipinski definition) is 2. The highest BCUT2D eigenvalue weighted by atomic mass is 79.9. The highest BCUT2D eigenvalue weighted by Gasteiger charge is 2.18. The Morgan fingerprint density at radius 1 is 1.64 bits per heavy atom. The molecular formula is C8H9BrN2O3. The summed E-state index contributed by atoms with van der Waals surface area (Å²) in [5.41, 5.74) is 5.78. The molecule has 0 heterocycles. The quantitative estimate of drug-likeness (QED) is 0.634. The number of benzene rings is 1. The van der Waals surface area contributed by atoms with Crippen molar-refractivity contribution in [2.75, 3.05) is 6.61 Å². The molecule has 0 bridgehead atoms. The molecule has 0 saturated carbocycles. The van der Waals surface area contributed by atoms with Crippen LogP contribution in [-0.2, 0) is 0 Å². The first kappa shape index (κ1) is 11.1. The van der Waals surface area contributed by atoms with Crippen molar-refractivity contribution in [1.82, 2.24) is 0 Å². The summed E-state index contributed by atoms with van der Waals surface area (Å²) in [6.07, 6.45) is 0. The SMILES string of the molecule is NC(CO)c1cc(Br)ccc1[N+](=O)[O-]. The van der Waals surface area contributed by atoms with Gasteiger partial charge in [-0.05, 0) is 12.1 Å². The molecule has 0 aliphatic carbocycles. The van der Waals surface area contributed by atoms with Gasteiger partial charge in [-0.15, -0.1) is 0 Å². The second-order valence-electron chi connectivity index (χ2n) is 2.75. The lowest BCUT2D eigenvalue weighted by molar-refractivity contribution is -0.385. The normalized spacial score (nSPS) is 12.5. The van der Waals surface area contributed by atoms with E-state index in [0.29, 0.717) is 10.0 Å². The summed E-state index contributed by atoms with van der Waals surface area (Å²) in [4.78, 5) is 10.1. The third-order valence-corrected chi connectivity index (χ3v) is 2.28. The lowest BCUT2D eigenvalue weighted by Gasteiger charge is -2.09. The van der Waals surface area contributed by atoms with Gasteiger partial charge in [0.05, 0.1) is 17.6 Å². The first-order valence-electron chi connectivity index (χ1n) is 3.86. The van der Waals surface area contributed by atoms with Crippen molar-refractivity contribution in [2.24, 2.45) is 5.73 Å². The Balaban J connectivity index is 3.22.